The third kappa shape index (κ3) is 2.52. The Hall–Kier alpha value is -2.30. The van der Waals surface area contributed by atoms with Gasteiger partial charge in [-0.2, -0.15) is 4.98 Å². The van der Waals surface area contributed by atoms with Crippen molar-refractivity contribution in [3.05, 3.63) is 34.5 Å². The molecule has 2 rings (SSSR count). The normalized spacial score (nSPS) is 10.6. The monoisotopic (exact) mass is 275 g/mol. The summed E-state index contributed by atoms with van der Waals surface area (Å²) in [5.74, 6) is -0.930. The van der Waals surface area contributed by atoms with Gasteiger partial charge in [0.2, 0.25) is 11.6 Å². The maximum Gasteiger partial charge on any atom is 0.362 e. The van der Waals surface area contributed by atoms with Crippen molar-refractivity contribution >= 4 is 5.97 Å². The second kappa shape index (κ2) is 5.36. The van der Waals surface area contributed by atoms with Crippen LogP contribution in [0.15, 0.2) is 16.5 Å². The lowest BCUT2D eigenvalue weighted by atomic mass is 10.00. The minimum absolute atomic E-state index is 0.0469. The zero-order valence-electron chi connectivity index (χ0n) is 12.0. The number of aromatic carboxylic acids is 1. The fraction of sp³-hybridized carbons (Fsp3) is 0.333. The molecular formula is C15H17NO4. The highest BCUT2D eigenvalue weighted by Crippen LogP contribution is 2.32. The predicted molar refractivity (Wildman–Crippen MR) is 74.3 cm³/mol. The van der Waals surface area contributed by atoms with Crippen LogP contribution >= 0.6 is 0 Å². The first kappa shape index (κ1) is 14.1. The number of ether oxygens (including phenoxy) is 1. The Morgan fingerprint density at radius 1 is 1.30 bits per heavy atom. The van der Waals surface area contributed by atoms with Crippen molar-refractivity contribution in [2.24, 2.45) is 0 Å². The number of carbonyl (C=O) groups is 1. The molecule has 5 heteroatoms. The molecule has 5 nitrogen and oxygen atoms in total. The average molecular weight is 275 g/mol. The van der Waals surface area contributed by atoms with E-state index < -0.39 is 5.97 Å². The molecule has 0 unspecified atom stereocenters. The van der Waals surface area contributed by atoms with Crippen molar-refractivity contribution in [2.75, 3.05) is 6.61 Å². The fourth-order valence-electron chi connectivity index (χ4n) is 2.29. The highest BCUT2D eigenvalue weighted by Gasteiger charge is 2.23. The van der Waals surface area contributed by atoms with Gasteiger partial charge in [-0.1, -0.05) is 17.7 Å². The summed E-state index contributed by atoms with van der Waals surface area (Å²) in [4.78, 5) is 15.2. The number of benzene rings is 1. The van der Waals surface area contributed by atoms with Crippen LogP contribution in [0, 0.1) is 20.8 Å². The molecule has 0 saturated carbocycles. The molecule has 1 aromatic carbocycles. The van der Waals surface area contributed by atoms with E-state index in [1.165, 1.54) is 0 Å². The molecule has 0 aliphatic carbocycles. The SMILES string of the molecule is CCOc1oc(-c2c(C)cc(C)cc2C)nc1C(=O)O. The number of hydrogen-bond donors (Lipinski definition) is 1. The van der Waals surface area contributed by atoms with Gasteiger partial charge in [0.15, 0.2) is 0 Å². The molecule has 0 aliphatic rings. The first-order chi connectivity index (χ1) is 9.43. The molecule has 20 heavy (non-hydrogen) atoms. The third-order valence-corrected chi connectivity index (χ3v) is 2.96. The van der Waals surface area contributed by atoms with E-state index in [2.05, 4.69) is 4.98 Å². The van der Waals surface area contributed by atoms with Gasteiger partial charge in [-0.15, -0.1) is 0 Å². The summed E-state index contributed by atoms with van der Waals surface area (Å²) in [5.41, 5.74) is 3.73. The molecule has 2 aromatic rings. The maximum atomic E-state index is 11.2. The van der Waals surface area contributed by atoms with Crippen LogP contribution in [0.5, 0.6) is 5.95 Å². The van der Waals surface area contributed by atoms with Crippen LogP contribution < -0.4 is 4.74 Å². The van der Waals surface area contributed by atoms with Gasteiger partial charge in [0.1, 0.15) is 0 Å². The number of hydrogen-bond acceptors (Lipinski definition) is 4. The Kier molecular flexibility index (Phi) is 3.79. The maximum absolute atomic E-state index is 11.2. The van der Waals surface area contributed by atoms with E-state index in [1.807, 2.05) is 32.9 Å². The van der Waals surface area contributed by atoms with Crippen molar-refractivity contribution in [3.8, 4) is 17.4 Å². The quantitative estimate of drug-likeness (QED) is 0.926. The first-order valence-corrected chi connectivity index (χ1v) is 6.39. The van der Waals surface area contributed by atoms with Crippen LogP contribution in [-0.4, -0.2) is 22.7 Å². The molecule has 0 amide bonds. The summed E-state index contributed by atoms with van der Waals surface area (Å²) in [7, 11) is 0. The zero-order valence-corrected chi connectivity index (χ0v) is 12.0. The molecule has 0 atom stereocenters. The average Bonchev–Trinajstić information content (AvgIpc) is 2.72. The summed E-state index contributed by atoms with van der Waals surface area (Å²) in [6, 6.07) is 4.01. The fourth-order valence-corrected chi connectivity index (χ4v) is 2.29. The van der Waals surface area contributed by atoms with Gasteiger partial charge in [0.05, 0.1) is 6.61 Å². The molecule has 0 fully saturated rings. The van der Waals surface area contributed by atoms with Gasteiger partial charge in [0, 0.05) is 5.56 Å². The standard InChI is InChI=1S/C15H17NO4/c1-5-19-15-12(14(17)18)16-13(20-15)11-9(3)6-8(2)7-10(11)4/h6-7H,5H2,1-4H3,(H,17,18). The third-order valence-electron chi connectivity index (χ3n) is 2.96. The van der Waals surface area contributed by atoms with Gasteiger partial charge >= 0.3 is 11.9 Å². The highest BCUT2D eigenvalue weighted by atomic mass is 16.6. The van der Waals surface area contributed by atoms with Crippen molar-refractivity contribution in [1.29, 1.82) is 0 Å². The molecule has 1 aromatic heterocycles. The van der Waals surface area contributed by atoms with E-state index in [4.69, 9.17) is 14.3 Å². The Bertz CT molecular complexity index is 635. The van der Waals surface area contributed by atoms with E-state index in [-0.39, 0.29) is 17.5 Å². The van der Waals surface area contributed by atoms with Crippen molar-refractivity contribution < 1.29 is 19.1 Å². The largest absolute Gasteiger partial charge is 0.476 e. The number of rotatable bonds is 4. The lowest BCUT2D eigenvalue weighted by Gasteiger charge is -2.07. The van der Waals surface area contributed by atoms with Gasteiger partial charge in [0.25, 0.3) is 0 Å². The van der Waals surface area contributed by atoms with Crippen molar-refractivity contribution in [3.63, 3.8) is 0 Å². The van der Waals surface area contributed by atoms with E-state index in [0.717, 1.165) is 22.3 Å². The van der Waals surface area contributed by atoms with E-state index in [1.54, 1.807) is 6.92 Å². The number of carboxylic acids is 1. The Labute approximate surface area is 117 Å². The summed E-state index contributed by atoms with van der Waals surface area (Å²) in [6.07, 6.45) is 0. The van der Waals surface area contributed by atoms with Gasteiger partial charge in [-0.05, 0) is 38.8 Å². The van der Waals surface area contributed by atoms with E-state index in [9.17, 15) is 4.79 Å². The first-order valence-electron chi connectivity index (χ1n) is 6.39. The number of oxazole rings is 1. The summed E-state index contributed by atoms with van der Waals surface area (Å²) in [6.45, 7) is 7.98. The predicted octanol–water partition coefficient (Wildman–Crippen LogP) is 3.36. The summed E-state index contributed by atoms with van der Waals surface area (Å²) in [5, 5.41) is 9.13. The molecule has 106 valence electrons. The smallest absolute Gasteiger partial charge is 0.362 e. The lowest BCUT2D eigenvalue weighted by molar-refractivity contribution is 0.0683. The number of nitrogens with zero attached hydrogens (tertiary/aromatic N) is 1. The van der Waals surface area contributed by atoms with Crippen LogP contribution in [0.4, 0.5) is 0 Å². The van der Waals surface area contributed by atoms with Crippen molar-refractivity contribution in [2.45, 2.75) is 27.7 Å². The van der Waals surface area contributed by atoms with Gasteiger partial charge < -0.3 is 14.3 Å². The van der Waals surface area contributed by atoms with Crippen LogP contribution in [0.1, 0.15) is 34.1 Å². The topological polar surface area (TPSA) is 72.6 Å². The number of carboxylic acid groups (broad SMARTS) is 1. The van der Waals surface area contributed by atoms with E-state index >= 15 is 0 Å². The van der Waals surface area contributed by atoms with Crippen LogP contribution in [0.25, 0.3) is 11.5 Å². The van der Waals surface area contributed by atoms with Crippen LogP contribution in [0.3, 0.4) is 0 Å². The highest BCUT2D eigenvalue weighted by molar-refractivity contribution is 5.88. The van der Waals surface area contributed by atoms with Gasteiger partial charge in [-0.25, -0.2) is 4.79 Å². The zero-order chi connectivity index (χ0) is 14.9. The molecule has 0 saturated heterocycles. The van der Waals surface area contributed by atoms with E-state index in [0.29, 0.717) is 6.61 Å². The second-order valence-corrected chi connectivity index (χ2v) is 4.67. The molecule has 0 bridgehead atoms. The lowest BCUT2D eigenvalue weighted by Crippen LogP contribution is -2.01. The minimum atomic E-state index is -1.16. The summed E-state index contributed by atoms with van der Waals surface area (Å²) >= 11 is 0. The molecule has 1 N–H and O–H groups in total. The molecule has 1 heterocycles. The molecular weight excluding hydrogens is 258 g/mol. The second-order valence-electron chi connectivity index (χ2n) is 4.67. The minimum Gasteiger partial charge on any atom is -0.476 e. The molecule has 0 spiro atoms. The van der Waals surface area contributed by atoms with Crippen molar-refractivity contribution in [1.82, 2.24) is 4.98 Å². The number of aryl methyl sites for hydroxylation is 3. The van der Waals surface area contributed by atoms with Crippen LogP contribution in [0.2, 0.25) is 0 Å². The Morgan fingerprint density at radius 3 is 2.40 bits per heavy atom. The van der Waals surface area contributed by atoms with Crippen LogP contribution in [-0.2, 0) is 0 Å². The molecule has 0 aliphatic heterocycles. The Morgan fingerprint density at radius 2 is 1.90 bits per heavy atom. The molecule has 0 radical (unpaired) electrons. The van der Waals surface area contributed by atoms with Gasteiger partial charge in [-0.3, -0.25) is 0 Å². The number of aromatic nitrogens is 1. The Balaban J connectivity index is 2.59. The summed E-state index contributed by atoms with van der Waals surface area (Å²) < 4.78 is 10.7.